The summed E-state index contributed by atoms with van der Waals surface area (Å²) in [4.78, 5) is 6.39. The van der Waals surface area contributed by atoms with Crippen LogP contribution < -0.4 is 19.5 Å². The maximum Gasteiger partial charge on any atom is 0.249 e. The molecule has 12 heteroatoms. The van der Waals surface area contributed by atoms with Crippen molar-refractivity contribution in [3.05, 3.63) is 105 Å². The van der Waals surface area contributed by atoms with Gasteiger partial charge in [-0.2, -0.15) is 5.26 Å². The number of nitrogens with one attached hydrogen (secondary N) is 1. The second-order valence-electron chi connectivity index (χ2n) is 15.6. The third-order valence-electron chi connectivity index (χ3n) is 11.5. The van der Waals surface area contributed by atoms with Gasteiger partial charge in [-0.25, -0.2) is 8.78 Å². The van der Waals surface area contributed by atoms with Crippen LogP contribution in [-0.4, -0.2) is 59.3 Å². The zero-order valence-corrected chi connectivity index (χ0v) is 32.0. The normalized spacial score (nSPS) is 22.1. The smallest absolute Gasteiger partial charge is 0.249 e. The second kappa shape index (κ2) is 15.9. The summed E-state index contributed by atoms with van der Waals surface area (Å²) in [7, 11) is 0. The molecule has 288 valence electrons. The molecule has 2 heterocycles. The van der Waals surface area contributed by atoms with E-state index in [2.05, 4.69) is 33.4 Å². The van der Waals surface area contributed by atoms with Crippen LogP contribution in [0.2, 0.25) is 10.0 Å². The molecule has 4 aromatic rings. The predicted molar refractivity (Wildman–Crippen MR) is 207 cm³/mol. The standard InChI is InChI=1S/C43H44Cl2F2N4O4/c44-34-16-29(21-50-35-8-3-9-36(35)52)39(54-22-28-15-27(18-48)19-49-20-28)17-40(34)55-37-12-11-31-30(5-1-6-32(31)37)33-7-2-10-38(41(33)45)53-14-4-13-51-25-42(26-51)23-43(46,47)24-42/h1-2,5-7,10,15-17,19-20,35-37,50,52H,3-4,8-9,11-14,21-26H2/t35-,36-,37+/m1/s1. The van der Waals surface area contributed by atoms with E-state index in [1.807, 2.05) is 36.4 Å². The number of aliphatic hydroxyl groups is 1. The molecule has 4 aliphatic rings. The Balaban J connectivity index is 0.949. The van der Waals surface area contributed by atoms with Gasteiger partial charge in [0.1, 0.15) is 36.0 Å². The van der Waals surface area contributed by atoms with Crippen molar-refractivity contribution in [2.45, 2.75) is 88.7 Å². The molecule has 0 amide bonds. The summed E-state index contributed by atoms with van der Waals surface area (Å²) in [5.74, 6) is -0.766. The molecule has 1 aromatic heterocycles. The van der Waals surface area contributed by atoms with Crippen LogP contribution in [0.25, 0.3) is 11.1 Å². The molecule has 0 unspecified atom stereocenters. The lowest BCUT2D eigenvalue weighted by molar-refractivity contribution is -0.213. The number of halogens is 4. The fraction of sp³-hybridized carbons (Fsp3) is 0.442. The van der Waals surface area contributed by atoms with Crippen LogP contribution >= 0.6 is 23.2 Å². The molecule has 0 bridgehead atoms. The Hall–Kier alpha value is -3.98. The number of aromatic nitrogens is 1. The molecule has 3 aliphatic carbocycles. The Morgan fingerprint density at radius 3 is 2.56 bits per heavy atom. The molecule has 55 heavy (non-hydrogen) atoms. The quantitative estimate of drug-likeness (QED) is 0.122. The highest BCUT2D eigenvalue weighted by molar-refractivity contribution is 6.35. The summed E-state index contributed by atoms with van der Waals surface area (Å²) in [6.07, 6.45) is 7.57. The van der Waals surface area contributed by atoms with Gasteiger partial charge in [-0.1, -0.05) is 53.5 Å². The summed E-state index contributed by atoms with van der Waals surface area (Å²) < 4.78 is 45.9. The van der Waals surface area contributed by atoms with E-state index in [9.17, 15) is 19.1 Å². The number of alkyl halides is 2. The zero-order valence-electron chi connectivity index (χ0n) is 30.5. The minimum atomic E-state index is -2.48. The number of nitriles is 1. The molecule has 8 nitrogen and oxygen atoms in total. The van der Waals surface area contributed by atoms with E-state index in [4.69, 9.17) is 37.4 Å². The van der Waals surface area contributed by atoms with Gasteiger partial charge in [0, 0.05) is 85.6 Å². The van der Waals surface area contributed by atoms with E-state index in [0.717, 1.165) is 91.5 Å². The number of ether oxygens (including phenoxy) is 3. The molecule has 3 aromatic carbocycles. The summed E-state index contributed by atoms with van der Waals surface area (Å²) >= 11 is 13.9. The van der Waals surface area contributed by atoms with Gasteiger partial charge >= 0.3 is 0 Å². The second-order valence-corrected chi connectivity index (χ2v) is 16.4. The lowest BCUT2D eigenvalue weighted by atomic mass is 9.61. The molecule has 1 saturated heterocycles. The van der Waals surface area contributed by atoms with Crippen LogP contribution in [0, 0.1) is 16.7 Å². The number of fused-ring (bicyclic) bond motifs is 1. The number of hydrogen-bond donors (Lipinski definition) is 2. The van der Waals surface area contributed by atoms with Crippen molar-refractivity contribution in [2.75, 3.05) is 26.2 Å². The lowest BCUT2D eigenvalue weighted by Crippen LogP contribution is -2.65. The minimum absolute atomic E-state index is 0.00107. The Morgan fingerprint density at radius 2 is 1.78 bits per heavy atom. The van der Waals surface area contributed by atoms with Gasteiger partial charge in [-0.05, 0) is 73.4 Å². The average molecular weight is 790 g/mol. The number of likely N-dealkylation sites (tertiary alicyclic amines) is 1. The van der Waals surface area contributed by atoms with E-state index in [1.54, 1.807) is 12.3 Å². The van der Waals surface area contributed by atoms with Crippen molar-refractivity contribution in [3.8, 4) is 34.4 Å². The van der Waals surface area contributed by atoms with Crippen LogP contribution in [0.1, 0.15) is 78.9 Å². The highest BCUT2D eigenvalue weighted by Crippen LogP contribution is 2.56. The van der Waals surface area contributed by atoms with Gasteiger partial charge in [0.25, 0.3) is 0 Å². The van der Waals surface area contributed by atoms with Crippen molar-refractivity contribution in [3.63, 3.8) is 0 Å². The third kappa shape index (κ3) is 8.28. The molecule has 3 fully saturated rings. The maximum atomic E-state index is 13.4. The Labute approximate surface area is 330 Å². The van der Waals surface area contributed by atoms with Gasteiger partial charge < -0.3 is 29.5 Å². The predicted octanol–water partition coefficient (Wildman–Crippen LogP) is 9.08. The average Bonchev–Trinajstić information content (AvgIpc) is 3.76. The van der Waals surface area contributed by atoms with Crippen LogP contribution in [-0.2, 0) is 19.6 Å². The first-order valence-corrected chi connectivity index (χ1v) is 19.9. The lowest BCUT2D eigenvalue weighted by Gasteiger charge is -2.58. The summed E-state index contributed by atoms with van der Waals surface area (Å²) in [5, 5.41) is 24.2. The molecular formula is C43H44Cl2F2N4O4. The van der Waals surface area contributed by atoms with Crippen LogP contribution in [0.4, 0.5) is 8.78 Å². The van der Waals surface area contributed by atoms with Crippen LogP contribution in [0.5, 0.6) is 17.2 Å². The fourth-order valence-electron chi connectivity index (χ4n) is 8.92. The first kappa shape index (κ1) is 37.9. The Morgan fingerprint density at radius 1 is 0.964 bits per heavy atom. The van der Waals surface area contributed by atoms with Gasteiger partial charge in [0.15, 0.2) is 0 Å². The first-order valence-electron chi connectivity index (χ1n) is 19.1. The summed E-state index contributed by atoms with van der Waals surface area (Å²) in [6.45, 7) is 3.44. The van der Waals surface area contributed by atoms with Gasteiger partial charge in [0.05, 0.1) is 28.3 Å². The van der Waals surface area contributed by atoms with E-state index in [-0.39, 0.29) is 43.1 Å². The number of hydrogen-bond acceptors (Lipinski definition) is 8. The highest BCUT2D eigenvalue weighted by atomic mass is 35.5. The highest BCUT2D eigenvalue weighted by Gasteiger charge is 2.61. The van der Waals surface area contributed by atoms with E-state index in [1.165, 1.54) is 6.20 Å². The van der Waals surface area contributed by atoms with E-state index in [0.29, 0.717) is 46.0 Å². The molecular weight excluding hydrogens is 745 g/mol. The van der Waals surface area contributed by atoms with Crippen molar-refractivity contribution in [1.82, 2.24) is 15.2 Å². The number of pyridine rings is 1. The summed E-state index contributed by atoms with van der Waals surface area (Å²) in [5.41, 5.74) is 6.03. The molecule has 3 atom stereocenters. The number of aliphatic hydroxyl groups excluding tert-OH is 1. The Kier molecular flexibility index (Phi) is 10.9. The van der Waals surface area contributed by atoms with Crippen LogP contribution in [0.3, 0.4) is 0 Å². The SMILES string of the molecule is N#Cc1cncc(COc2cc(O[C@H]3CCc4c(-c5cccc(OCCCN6CC7(C6)CC(F)(F)C7)c5Cl)cccc43)c(Cl)cc2CN[C@@H]2CCC[C@H]2O)c1. The topological polar surface area (TPSA) is 99.9 Å². The van der Waals surface area contributed by atoms with E-state index >= 15 is 0 Å². The largest absolute Gasteiger partial charge is 0.492 e. The molecule has 1 spiro atoms. The van der Waals surface area contributed by atoms with Gasteiger partial charge in [-0.15, -0.1) is 0 Å². The summed E-state index contributed by atoms with van der Waals surface area (Å²) in [6, 6.07) is 19.6. The third-order valence-corrected chi connectivity index (χ3v) is 12.2. The van der Waals surface area contributed by atoms with Crippen molar-refractivity contribution >= 4 is 23.2 Å². The van der Waals surface area contributed by atoms with E-state index < -0.39 is 5.92 Å². The van der Waals surface area contributed by atoms with Crippen molar-refractivity contribution in [1.29, 1.82) is 5.26 Å². The van der Waals surface area contributed by atoms with Crippen molar-refractivity contribution < 1.29 is 28.1 Å². The molecule has 2 N–H and O–H groups in total. The zero-order chi connectivity index (χ0) is 38.2. The fourth-order valence-corrected chi connectivity index (χ4v) is 9.43. The number of rotatable bonds is 14. The number of nitrogens with zero attached hydrogens (tertiary/aromatic N) is 3. The molecule has 0 radical (unpaired) electrons. The van der Waals surface area contributed by atoms with Crippen molar-refractivity contribution in [2.24, 2.45) is 5.41 Å². The Bertz CT molecular complexity index is 2080. The van der Waals surface area contributed by atoms with Crippen LogP contribution in [0.15, 0.2) is 67.0 Å². The van der Waals surface area contributed by atoms with Gasteiger partial charge in [0.2, 0.25) is 5.92 Å². The van der Waals surface area contributed by atoms with Gasteiger partial charge in [-0.3, -0.25) is 4.98 Å². The molecule has 8 rings (SSSR count). The molecule has 1 aliphatic heterocycles. The maximum absolute atomic E-state index is 13.4. The minimum Gasteiger partial charge on any atom is -0.492 e. The molecule has 2 saturated carbocycles. The first-order chi connectivity index (χ1) is 26.6. The monoisotopic (exact) mass is 788 g/mol. The number of benzene rings is 3.